The van der Waals surface area contributed by atoms with E-state index in [4.69, 9.17) is 4.74 Å². The predicted octanol–water partition coefficient (Wildman–Crippen LogP) is 3.71. The quantitative estimate of drug-likeness (QED) is 0.673. The third-order valence-electron chi connectivity index (χ3n) is 3.95. The number of rotatable bonds is 7. The minimum absolute atomic E-state index is 0.357. The molecule has 0 bridgehead atoms. The molecule has 1 fully saturated rings. The molecule has 1 saturated carbocycles. The van der Waals surface area contributed by atoms with Crippen molar-refractivity contribution in [2.24, 2.45) is 0 Å². The van der Waals surface area contributed by atoms with Gasteiger partial charge in [-0.05, 0) is 43.2 Å². The Balaban J connectivity index is 1.52. The molecule has 0 unspecified atom stereocenters. The van der Waals surface area contributed by atoms with Crippen LogP contribution in [0.5, 0.6) is 5.75 Å². The molecule has 2 aromatic heterocycles. The molecule has 0 radical (unpaired) electrons. The SMILES string of the molecule is FCCCOc1ccc(-c2cn3ccc(NC4CC4)nc3n2)cc1. The van der Waals surface area contributed by atoms with Gasteiger partial charge in [-0.2, -0.15) is 4.98 Å². The molecule has 0 aliphatic heterocycles. The van der Waals surface area contributed by atoms with Gasteiger partial charge in [-0.1, -0.05) is 0 Å². The number of fused-ring (bicyclic) bond motifs is 1. The topological polar surface area (TPSA) is 51.5 Å². The number of alkyl halides is 1. The zero-order valence-corrected chi connectivity index (χ0v) is 13.3. The van der Waals surface area contributed by atoms with E-state index in [1.165, 1.54) is 12.8 Å². The fourth-order valence-corrected chi connectivity index (χ4v) is 2.49. The lowest BCUT2D eigenvalue weighted by Crippen LogP contribution is -2.03. The third-order valence-corrected chi connectivity index (χ3v) is 3.95. The highest BCUT2D eigenvalue weighted by atomic mass is 19.1. The van der Waals surface area contributed by atoms with E-state index in [9.17, 15) is 4.39 Å². The second-order valence-corrected chi connectivity index (χ2v) is 5.98. The van der Waals surface area contributed by atoms with E-state index in [1.54, 1.807) is 0 Å². The van der Waals surface area contributed by atoms with E-state index in [0.717, 1.165) is 22.8 Å². The van der Waals surface area contributed by atoms with Crippen LogP contribution in [0.2, 0.25) is 0 Å². The van der Waals surface area contributed by atoms with Crippen molar-refractivity contribution in [3.8, 4) is 17.0 Å². The second-order valence-electron chi connectivity index (χ2n) is 5.98. The van der Waals surface area contributed by atoms with Gasteiger partial charge in [-0.15, -0.1) is 0 Å². The van der Waals surface area contributed by atoms with Crippen LogP contribution in [0.3, 0.4) is 0 Å². The zero-order valence-electron chi connectivity index (χ0n) is 13.3. The van der Waals surface area contributed by atoms with Crippen LogP contribution in [0.1, 0.15) is 19.3 Å². The lowest BCUT2D eigenvalue weighted by Gasteiger charge is -2.04. The van der Waals surface area contributed by atoms with E-state index in [-0.39, 0.29) is 6.67 Å². The minimum Gasteiger partial charge on any atom is -0.493 e. The molecule has 1 N–H and O–H groups in total. The van der Waals surface area contributed by atoms with Gasteiger partial charge in [-0.25, -0.2) is 4.98 Å². The van der Waals surface area contributed by atoms with Crippen molar-refractivity contribution >= 4 is 11.6 Å². The number of nitrogens with zero attached hydrogens (tertiary/aromatic N) is 3. The fourth-order valence-electron chi connectivity index (χ4n) is 2.49. The van der Waals surface area contributed by atoms with Crippen molar-refractivity contribution in [1.29, 1.82) is 0 Å². The molecule has 6 heteroatoms. The molecule has 0 amide bonds. The molecule has 0 spiro atoms. The normalized spacial score (nSPS) is 14.0. The van der Waals surface area contributed by atoms with E-state index < -0.39 is 0 Å². The summed E-state index contributed by atoms with van der Waals surface area (Å²) in [5.74, 6) is 2.29. The Bertz CT molecular complexity index is 827. The fraction of sp³-hybridized carbons (Fsp3) is 0.333. The first-order valence-electron chi connectivity index (χ1n) is 8.23. The lowest BCUT2D eigenvalue weighted by molar-refractivity contribution is 0.289. The summed E-state index contributed by atoms with van der Waals surface area (Å²) in [5.41, 5.74) is 1.86. The smallest absolute Gasteiger partial charge is 0.236 e. The van der Waals surface area contributed by atoms with Gasteiger partial charge in [0.05, 0.1) is 19.0 Å². The molecule has 1 aromatic carbocycles. The van der Waals surface area contributed by atoms with Crippen molar-refractivity contribution in [2.45, 2.75) is 25.3 Å². The maximum Gasteiger partial charge on any atom is 0.236 e. The monoisotopic (exact) mass is 326 g/mol. The molecule has 4 rings (SSSR count). The average molecular weight is 326 g/mol. The number of benzene rings is 1. The Hall–Kier alpha value is -2.63. The standard InChI is InChI=1S/C18H19FN4O/c19-9-1-11-24-15-6-2-13(3-7-15)16-12-23-10-8-17(20-14-4-5-14)22-18(23)21-16/h2-3,6-8,10,12,14H,1,4-5,9,11H2,(H,20,21,22). The molecule has 124 valence electrons. The van der Waals surface area contributed by atoms with Crippen LogP contribution in [-0.2, 0) is 0 Å². The maximum absolute atomic E-state index is 12.1. The Morgan fingerprint density at radius 2 is 2.00 bits per heavy atom. The molecule has 5 nitrogen and oxygen atoms in total. The molecule has 1 aliphatic carbocycles. The minimum atomic E-state index is -0.357. The van der Waals surface area contributed by atoms with Crippen LogP contribution >= 0.6 is 0 Å². The number of halogens is 1. The molecule has 1 aliphatic rings. The number of hydrogen-bond acceptors (Lipinski definition) is 4. The van der Waals surface area contributed by atoms with Gasteiger partial charge >= 0.3 is 0 Å². The summed E-state index contributed by atoms with van der Waals surface area (Å²) >= 11 is 0. The highest BCUT2D eigenvalue weighted by molar-refractivity contribution is 5.62. The number of anilines is 1. The van der Waals surface area contributed by atoms with Gasteiger partial charge in [0.25, 0.3) is 0 Å². The highest BCUT2D eigenvalue weighted by Crippen LogP contribution is 2.25. The summed E-state index contributed by atoms with van der Waals surface area (Å²) in [6.45, 7) is 0.0365. The largest absolute Gasteiger partial charge is 0.493 e. The number of nitrogens with one attached hydrogen (secondary N) is 1. The average Bonchev–Trinajstić information content (AvgIpc) is 3.31. The van der Waals surface area contributed by atoms with Crippen LogP contribution in [0.25, 0.3) is 17.0 Å². The summed E-state index contributed by atoms with van der Waals surface area (Å²) in [6, 6.07) is 10.2. The van der Waals surface area contributed by atoms with Gasteiger partial charge < -0.3 is 10.1 Å². The molecule has 2 heterocycles. The number of ether oxygens (including phenoxy) is 1. The summed E-state index contributed by atoms with van der Waals surface area (Å²) in [6.07, 6.45) is 6.77. The zero-order chi connectivity index (χ0) is 16.4. The van der Waals surface area contributed by atoms with Gasteiger partial charge in [0.1, 0.15) is 11.6 Å². The van der Waals surface area contributed by atoms with E-state index in [2.05, 4.69) is 15.3 Å². The van der Waals surface area contributed by atoms with Crippen LogP contribution in [-0.4, -0.2) is 33.7 Å². The van der Waals surface area contributed by atoms with Crippen LogP contribution in [0.4, 0.5) is 10.2 Å². The highest BCUT2D eigenvalue weighted by Gasteiger charge is 2.21. The van der Waals surface area contributed by atoms with Gasteiger partial charge in [0.15, 0.2) is 0 Å². The van der Waals surface area contributed by atoms with Crippen molar-refractivity contribution < 1.29 is 9.13 Å². The predicted molar refractivity (Wildman–Crippen MR) is 91.2 cm³/mol. The maximum atomic E-state index is 12.1. The van der Waals surface area contributed by atoms with E-state index in [1.807, 2.05) is 47.1 Å². The first kappa shape index (κ1) is 14.9. The molecule has 0 saturated heterocycles. The summed E-state index contributed by atoms with van der Waals surface area (Å²) < 4.78 is 19.5. The van der Waals surface area contributed by atoms with Crippen LogP contribution < -0.4 is 10.1 Å². The van der Waals surface area contributed by atoms with E-state index in [0.29, 0.717) is 24.8 Å². The van der Waals surface area contributed by atoms with Crippen molar-refractivity contribution in [2.75, 3.05) is 18.6 Å². The number of aromatic nitrogens is 3. The first-order chi connectivity index (χ1) is 11.8. The third kappa shape index (κ3) is 3.32. The van der Waals surface area contributed by atoms with Gasteiger partial charge in [0.2, 0.25) is 5.78 Å². The molecular formula is C18H19FN4O. The van der Waals surface area contributed by atoms with Gasteiger partial charge in [-0.3, -0.25) is 8.79 Å². The molecule has 0 atom stereocenters. The molecule has 3 aromatic rings. The summed E-state index contributed by atoms with van der Waals surface area (Å²) in [5, 5.41) is 3.38. The lowest BCUT2D eigenvalue weighted by atomic mass is 10.2. The summed E-state index contributed by atoms with van der Waals surface area (Å²) in [4.78, 5) is 9.15. The van der Waals surface area contributed by atoms with Crippen LogP contribution in [0.15, 0.2) is 42.7 Å². The Labute approximate surface area is 139 Å². The van der Waals surface area contributed by atoms with Crippen LogP contribution in [0, 0.1) is 0 Å². The molecular weight excluding hydrogens is 307 g/mol. The Kier molecular flexibility index (Phi) is 4.02. The summed E-state index contributed by atoms with van der Waals surface area (Å²) in [7, 11) is 0. The van der Waals surface area contributed by atoms with Crippen molar-refractivity contribution in [1.82, 2.24) is 14.4 Å². The number of hydrogen-bond donors (Lipinski definition) is 1. The molecule has 24 heavy (non-hydrogen) atoms. The van der Waals surface area contributed by atoms with Gasteiger partial charge in [0, 0.05) is 30.4 Å². The van der Waals surface area contributed by atoms with Crippen molar-refractivity contribution in [3.05, 3.63) is 42.7 Å². The van der Waals surface area contributed by atoms with Crippen molar-refractivity contribution in [3.63, 3.8) is 0 Å². The van der Waals surface area contributed by atoms with E-state index >= 15 is 0 Å². The first-order valence-corrected chi connectivity index (χ1v) is 8.23. The Morgan fingerprint density at radius 3 is 2.75 bits per heavy atom. The second kappa shape index (κ2) is 6.47. The number of imidazole rings is 1. The Morgan fingerprint density at radius 1 is 1.17 bits per heavy atom.